The lowest BCUT2D eigenvalue weighted by atomic mass is 9.83. The van der Waals surface area contributed by atoms with E-state index in [1.165, 1.54) is 12.1 Å². The van der Waals surface area contributed by atoms with Gasteiger partial charge in [0.05, 0.1) is 43.0 Å². The smallest absolute Gasteiger partial charge is 0.152 e. The first-order chi connectivity index (χ1) is 17.5. The highest BCUT2D eigenvalue weighted by Crippen LogP contribution is 2.42. The summed E-state index contributed by atoms with van der Waals surface area (Å²) in [4.78, 5) is 6.68. The molecule has 2 aromatic carbocycles. The predicted molar refractivity (Wildman–Crippen MR) is 137 cm³/mol. The minimum atomic E-state index is -0.237. The highest BCUT2D eigenvalue weighted by atomic mass is 19.1. The molecule has 186 valence electrons. The Balaban J connectivity index is 1.38. The SMILES string of the molecule is COc1cc(/C=C2\CC3(CCCO3)CN3C2=NNCC3c2ccc(F)cc2)ccc1-n1cnc(C)c1. The summed E-state index contributed by atoms with van der Waals surface area (Å²) in [6.07, 6.45) is 8.83. The van der Waals surface area contributed by atoms with Gasteiger partial charge in [-0.2, -0.15) is 5.10 Å². The molecule has 1 N–H and O–H groups in total. The Kier molecular flexibility index (Phi) is 5.76. The summed E-state index contributed by atoms with van der Waals surface area (Å²) in [5.41, 5.74) is 8.10. The second-order valence-electron chi connectivity index (χ2n) is 9.83. The van der Waals surface area contributed by atoms with Gasteiger partial charge in [0.2, 0.25) is 0 Å². The van der Waals surface area contributed by atoms with Crippen molar-refractivity contribution in [2.45, 2.75) is 37.8 Å². The number of imidazole rings is 1. The average molecular weight is 488 g/mol. The largest absolute Gasteiger partial charge is 0.495 e. The van der Waals surface area contributed by atoms with E-state index >= 15 is 0 Å². The van der Waals surface area contributed by atoms with E-state index in [0.29, 0.717) is 6.54 Å². The zero-order valence-electron chi connectivity index (χ0n) is 20.6. The summed E-state index contributed by atoms with van der Waals surface area (Å²) < 4.78 is 27.7. The molecular formula is C28H30FN5O2. The third-order valence-corrected chi connectivity index (χ3v) is 7.35. The van der Waals surface area contributed by atoms with Crippen molar-refractivity contribution in [3.05, 3.63) is 83.2 Å². The fraction of sp³-hybridized carbons (Fsp3) is 0.357. The van der Waals surface area contributed by atoms with Gasteiger partial charge in [-0.1, -0.05) is 18.2 Å². The van der Waals surface area contributed by atoms with Gasteiger partial charge < -0.3 is 24.4 Å². The summed E-state index contributed by atoms with van der Waals surface area (Å²) in [5.74, 6) is 1.47. The molecule has 36 heavy (non-hydrogen) atoms. The standard InChI is InChI=1S/C28H30FN5O2/c1-19-16-33(18-30-19)24-9-4-20(13-26(24)35-2)12-22-14-28(10-3-11-36-28)17-34-25(15-31-32-27(22)34)21-5-7-23(29)8-6-21/h4-9,12-13,16,18,25,31H,3,10-11,14-15,17H2,1-2H3/b22-12+. The molecule has 2 atom stereocenters. The molecule has 6 rings (SSSR count). The topological polar surface area (TPSA) is 63.9 Å². The fourth-order valence-electron chi connectivity index (χ4n) is 5.63. The lowest BCUT2D eigenvalue weighted by Crippen LogP contribution is -2.56. The number of benzene rings is 2. The number of rotatable bonds is 4. The number of piperidine rings is 1. The fourth-order valence-corrected chi connectivity index (χ4v) is 5.63. The number of ether oxygens (including phenoxy) is 2. The number of hydrazone groups is 1. The summed E-state index contributed by atoms with van der Waals surface area (Å²) in [6, 6.07) is 13.0. The van der Waals surface area contributed by atoms with Crippen LogP contribution in [0.5, 0.6) is 5.75 Å². The molecule has 3 aromatic rings. The highest BCUT2D eigenvalue weighted by molar-refractivity contribution is 6.03. The van der Waals surface area contributed by atoms with E-state index in [0.717, 1.165) is 72.1 Å². The molecule has 8 heteroatoms. The van der Waals surface area contributed by atoms with E-state index in [1.807, 2.05) is 35.9 Å². The second-order valence-corrected chi connectivity index (χ2v) is 9.83. The van der Waals surface area contributed by atoms with Crippen LogP contribution in [0.15, 0.2) is 65.7 Å². The van der Waals surface area contributed by atoms with E-state index in [9.17, 15) is 4.39 Å². The maximum absolute atomic E-state index is 13.6. The van der Waals surface area contributed by atoms with Crippen LogP contribution in [0.2, 0.25) is 0 Å². The van der Waals surface area contributed by atoms with Crippen molar-refractivity contribution in [2.75, 3.05) is 26.8 Å². The van der Waals surface area contributed by atoms with Crippen molar-refractivity contribution in [3.8, 4) is 11.4 Å². The minimum absolute atomic E-state index is 0.0456. The van der Waals surface area contributed by atoms with E-state index < -0.39 is 0 Å². The molecule has 0 bridgehead atoms. The highest BCUT2D eigenvalue weighted by Gasteiger charge is 2.46. The van der Waals surface area contributed by atoms with Gasteiger partial charge in [0.1, 0.15) is 11.6 Å². The Morgan fingerprint density at radius 2 is 2.08 bits per heavy atom. The minimum Gasteiger partial charge on any atom is -0.495 e. The van der Waals surface area contributed by atoms with Crippen LogP contribution in [0.4, 0.5) is 4.39 Å². The third kappa shape index (κ3) is 4.15. The molecule has 0 saturated carbocycles. The Morgan fingerprint density at radius 1 is 1.22 bits per heavy atom. The summed E-state index contributed by atoms with van der Waals surface area (Å²) in [7, 11) is 1.69. The second kappa shape index (κ2) is 9.09. The van der Waals surface area contributed by atoms with E-state index in [4.69, 9.17) is 14.6 Å². The van der Waals surface area contributed by atoms with Gasteiger partial charge in [0.25, 0.3) is 0 Å². The lowest BCUT2D eigenvalue weighted by Gasteiger charge is -2.48. The number of methoxy groups -OCH3 is 1. The summed E-state index contributed by atoms with van der Waals surface area (Å²) >= 11 is 0. The lowest BCUT2D eigenvalue weighted by molar-refractivity contribution is -0.0243. The number of amidine groups is 1. The zero-order chi connectivity index (χ0) is 24.7. The predicted octanol–water partition coefficient (Wildman–Crippen LogP) is 4.62. The number of aromatic nitrogens is 2. The third-order valence-electron chi connectivity index (χ3n) is 7.35. The number of nitrogens with one attached hydrogen (secondary N) is 1. The van der Waals surface area contributed by atoms with Crippen LogP contribution < -0.4 is 10.2 Å². The molecule has 3 aliphatic rings. The number of halogens is 1. The first-order valence-corrected chi connectivity index (χ1v) is 12.4. The van der Waals surface area contributed by atoms with Gasteiger partial charge in [-0.25, -0.2) is 9.37 Å². The Bertz CT molecular complexity index is 1320. The van der Waals surface area contributed by atoms with E-state index in [1.54, 1.807) is 13.4 Å². The van der Waals surface area contributed by atoms with Gasteiger partial charge in [-0.15, -0.1) is 0 Å². The van der Waals surface area contributed by atoms with Crippen LogP contribution in [0, 0.1) is 12.7 Å². The number of aryl methyl sites for hydroxylation is 1. The molecule has 0 radical (unpaired) electrons. The summed E-state index contributed by atoms with van der Waals surface area (Å²) in [6.45, 7) is 4.18. The van der Waals surface area contributed by atoms with Crippen molar-refractivity contribution in [1.82, 2.24) is 19.9 Å². The zero-order valence-corrected chi connectivity index (χ0v) is 20.6. The van der Waals surface area contributed by atoms with Crippen LogP contribution in [-0.2, 0) is 4.74 Å². The molecule has 4 heterocycles. The summed E-state index contributed by atoms with van der Waals surface area (Å²) in [5, 5.41) is 4.74. The molecule has 0 amide bonds. The average Bonchev–Trinajstić information content (AvgIpc) is 3.53. The number of fused-ring (bicyclic) bond motifs is 1. The van der Waals surface area contributed by atoms with Gasteiger partial charge in [0, 0.05) is 25.8 Å². The molecular weight excluding hydrogens is 457 g/mol. The number of nitrogens with zero attached hydrogens (tertiary/aromatic N) is 4. The Labute approximate surface area is 210 Å². The van der Waals surface area contributed by atoms with Crippen LogP contribution in [0.1, 0.15) is 42.1 Å². The van der Waals surface area contributed by atoms with Crippen molar-refractivity contribution in [3.63, 3.8) is 0 Å². The normalized spacial score (nSPS) is 24.5. The van der Waals surface area contributed by atoms with Crippen LogP contribution >= 0.6 is 0 Å². The Morgan fingerprint density at radius 3 is 2.81 bits per heavy atom. The molecule has 1 spiro atoms. The number of hydrogen-bond acceptors (Lipinski definition) is 6. The van der Waals surface area contributed by atoms with Crippen molar-refractivity contribution >= 4 is 11.9 Å². The van der Waals surface area contributed by atoms with Crippen molar-refractivity contribution < 1.29 is 13.9 Å². The van der Waals surface area contributed by atoms with Crippen molar-refractivity contribution in [2.24, 2.45) is 5.10 Å². The van der Waals surface area contributed by atoms with Crippen molar-refractivity contribution in [1.29, 1.82) is 0 Å². The van der Waals surface area contributed by atoms with E-state index in [2.05, 4.69) is 33.5 Å². The monoisotopic (exact) mass is 487 g/mol. The molecule has 0 aliphatic carbocycles. The van der Waals surface area contributed by atoms with Gasteiger partial charge in [-0.05, 0) is 66.8 Å². The van der Waals surface area contributed by atoms with Crippen LogP contribution in [-0.4, -0.2) is 52.7 Å². The molecule has 2 unspecified atom stereocenters. The van der Waals surface area contributed by atoms with Gasteiger partial charge >= 0.3 is 0 Å². The quantitative estimate of drug-likeness (QED) is 0.582. The molecule has 2 fully saturated rings. The van der Waals surface area contributed by atoms with Gasteiger partial charge in [-0.3, -0.25) is 0 Å². The molecule has 1 aromatic heterocycles. The Hall–Kier alpha value is -3.65. The first-order valence-electron chi connectivity index (χ1n) is 12.4. The van der Waals surface area contributed by atoms with Gasteiger partial charge in [0.15, 0.2) is 5.84 Å². The molecule has 3 aliphatic heterocycles. The molecule has 7 nitrogen and oxygen atoms in total. The first kappa shape index (κ1) is 22.8. The van der Waals surface area contributed by atoms with Crippen LogP contribution in [0.25, 0.3) is 11.8 Å². The maximum atomic E-state index is 13.6. The van der Waals surface area contributed by atoms with Crippen LogP contribution in [0.3, 0.4) is 0 Å². The maximum Gasteiger partial charge on any atom is 0.152 e. The van der Waals surface area contributed by atoms with E-state index in [-0.39, 0.29) is 17.5 Å². The molecule has 2 saturated heterocycles. The number of hydrogen-bond donors (Lipinski definition) is 1.